The number of methoxy groups -OCH3 is 1. The second kappa shape index (κ2) is 6.21. The van der Waals surface area contributed by atoms with Gasteiger partial charge in [-0.1, -0.05) is 18.2 Å². The van der Waals surface area contributed by atoms with E-state index in [1.54, 1.807) is 7.11 Å². The van der Waals surface area contributed by atoms with Gasteiger partial charge in [0, 0.05) is 31.9 Å². The number of nitrogens with two attached hydrogens (primary N) is 1. The van der Waals surface area contributed by atoms with Crippen molar-refractivity contribution in [1.29, 1.82) is 0 Å². The van der Waals surface area contributed by atoms with Gasteiger partial charge in [-0.25, -0.2) is 0 Å². The highest BCUT2D eigenvalue weighted by atomic mass is 16.5. The van der Waals surface area contributed by atoms with Crippen LogP contribution in [0.2, 0.25) is 0 Å². The van der Waals surface area contributed by atoms with Crippen molar-refractivity contribution in [3.05, 3.63) is 29.8 Å². The third-order valence-electron chi connectivity index (χ3n) is 3.89. The summed E-state index contributed by atoms with van der Waals surface area (Å²) in [6.07, 6.45) is 2.74. The number of nitrogens with zero attached hydrogens (tertiary/aromatic N) is 1. The van der Waals surface area contributed by atoms with E-state index in [1.807, 2.05) is 12.1 Å². The SMILES string of the molecule is COCCN(Cc1ccccc1N)C(C)C1CC1. The molecule has 0 heterocycles. The molecule has 3 heteroatoms. The number of hydrogen-bond donors (Lipinski definition) is 1. The minimum atomic E-state index is 0.625. The zero-order chi connectivity index (χ0) is 13.0. The molecule has 0 amide bonds. The Morgan fingerprint density at radius 2 is 2.11 bits per heavy atom. The lowest BCUT2D eigenvalue weighted by atomic mass is 10.1. The summed E-state index contributed by atoms with van der Waals surface area (Å²) in [6, 6.07) is 8.77. The van der Waals surface area contributed by atoms with E-state index in [0.29, 0.717) is 6.04 Å². The van der Waals surface area contributed by atoms with Gasteiger partial charge in [0.1, 0.15) is 0 Å². The standard InChI is InChI=1S/C15H24N2O/c1-12(13-7-8-13)17(9-10-18-2)11-14-5-3-4-6-15(14)16/h3-6,12-13H,7-11,16H2,1-2H3. The first-order valence-corrected chi connectivity index (χ1v) is 6.78. The molecule has 2 N–H and O–H groups in total. The van der Waals surface area contributed by atoms with Gasteiger partial charge < -0.3 is 10.5 Å². The van der Waals surface area contributed by atoms with Crippen LogP contribution in [0, 0.1) is 5.92 Å². The van der Waals surface area contributed by atoms with Gasteiger partial charge in [-0.2, -0.15) is 0 Å². The van der Waals surface area contributed by atoms with Gasteiger partial charge in [0.2, 0.25) is 0 Å². The first kappa shape index (κ1) is 13.4. The van der Waals surface area contributed by atoms with E-state index >= 15 is 0 Å². The number of rotatable bonds is 7. The zero-order valence-corrected chi connectivity index (χ0v) is 11.4. The number of hydrogen-bond acceptors (Lipinski definition) is 3. The highest BCUT2D eigenvalue weighted by Gasteiger charge is 2.31. The Morgan fingerprint density at radius 1 is 1.39 bits per heavy atom. The van der Waals surface area contributed by atoms with Gasteiger partial charge in [0.25, 0.3) is 0 Å². The maximum atomic E-state index is 6.03. The van der Waals surface area contributed by atoms with Crippen LogP contribution in [0.25, 0.3) is 0 Å². The van der Waals surface area contributed by atoms with Gasteiger partial charge in [0.15, 0.2) is 0 Å². The lowest BCUT2D eigenvalue weighted by Gasteiger charge is -2.29. The average molecular weight is 248 g/mol. The van der Waals surface area contributed by atoms with Crippen LogP contribution in [-0.2, 0) is 11.3 Å². The fourth-order valence-corrected chi connectivity index (χ4v) is 2.41. The zero-order valence-electron chi connectivity index (χ0n) is 11.4. The van der Waals surface area contributed by atoms with E-state index in [0.717, 1.165) is 31.3 Å². The Kier molecular flexibility index (Phi) is 4.61. The van der Waals surface area contributed by atoms with Crippen molar-refractivity contribution >= 4 is 5.69 Å². The molecule has 0 bridgehead atoms. The van der Waals surface area contributed by atoms with Crippen LogP contribution in [0.1, 0.15) is 25.3 Å². The Morgan fingerprint density at radius 3 is 2.72 bits per heavy atom. The van der Waals surface area contributed by atoms with Gasteiger partial charge in [-0.3, -0.25) is 4.90 Å². The molecule has 0 saturated heterocycles. The highest BCUT2D eigenvalue weighted by molar-refractivity contribution is 5.46. The molecule has 1 aromatic carbocycles. The summed E-state index contributed by atoms with van der Waals surface area (Å²) in [5, 5.41) is 0. The van der Waals surface area contributed by atoms with Crippen LogP contribution in [0.4, 0.5) is 5.69 Å². The third kappa shape index (κ3) is 3.47. The van der Waals surface area contributed by atoms with E-state index in [-0.39, 0.29) is 0 Å². The fraction of sp³-hybridized carbons (Fsp3) is 0.600. The van der Waals surface area contributed by atoms with Crippen molar-refractivity contribution in [2.24, 2.45) is 5.92 Å². The van der Waals surface area contributed by atoms with Crippen LogP contribution in [0.15, 0.2) is 24.3 Å². The monoisotopic (exact) mass is 248 g/mol. The summed E-state index contributed by atoms with van der Waals surface area (Å²) in [5.74, 6) is 0.867. The molecule has 1 unspecified atom stereocenters. The summed E-state index contributed by atoms with van der Waals surface area (Å²) >= 11 is 0. The molecular weight excluding hydrogens is 224 g/mol. The molecule has 3 nitrogen and oxygen atoms in total. The molecule has 1 aliphatic carbocycles. The molecular formula is C15H24N2O. The second-order valence-electron chi connectivity index (χ2n) is 5.24. The minimum absolute atomic E-state index is 0.625. The molecule has 0 spiro atoms. The molecule has 100 valence electrons. The lowest BCUT2D eigenvalue weighted by Crippen LogP contribution is -2.36. The molecule has 1 aromatic rings. The summed E-state index contributed by atoms with van der Waals surface area (Å²) in [5.41, 5.74) is 8.15. The average Bonchev–Trinajstić information content (AvgIpc) is 3.20. The van der Waals surface area contributed by atoms with E-state index < -0.39 is 0 Å². The van der Waals surface area contributed by atoms with Crippen molar-refractivity contribution in [2.75, 3.05) is 26.0 Å². The fourth-order valence-electron chi connectivity index (χ4n) is 2.41. The largest absolute Gasteiger partial charge is 0.398 e. The molecule has 0 aliphatic heterocycles. The summed E-state index contributed by atoms with van der Waals surface area (Å²) < 4.78 is 5.22. The highest BCUT2D eigenvalue weighted by Crippen LogP contribution is 2.35. The summed E-state index contributed by atoms with van der Waals surface area (Å²) in [6.45, 7) is 5.01. The molecule has 18 heavy (non-hydrogen) atoms. The van der Waals surface area contributed by atoms with Crippen LogP contribution >= 0.6 is 0 Å². The third-order valence-corrected chi connectivity index (χ3v) is 3.89. The maximum Gasteiger partial charge on any atom is 0.0589 e. The van der Waals surface area contributed by atoms with Crippen molar-refractivity contribution in [3.8, 4) is 0 Å². The first-order valence-electron chi connectivity index (χ1n) is 6.78. The van der Waals surface area contributed by atoms with Crippen molar-refractivity contribution < 1.29 is 4.74 Å². The first-order chi connectivity index (χ1) is 8.72. The Balaban J connectivity index is 2.01. The number of ether oxygens (including phenoxy) is 1. The van der Waals surface area contributed by atoms with Gasteiger partial charge in [-0.05, 0) is 37.3 Å². The Hall–Kier alpha value is -1.06. The van der Waals surface area contributed by atoms with Gasteiger partial charge in [-0.15, -0.1) is 0 Å². The quantitative estimate of drug-likeness (QED) is 0.754. The molecule has 2 rings (SSSR count). The predicted octanol–water partition coefficient (Wildman–Crippen LogP) is 2.52. The van der Waals surface area contributed by atoms with Crippen LogP contribution in [-0.4, -0.2) is 31.2 Å². The number of benzene rings is 1. The molecule has 0 aromatic heterocycles. The minimum Gasteiger partial charge on any atom is -0.398 e. The van der Waals surface area contributed by atoms with Crippen molar-refractivity contribution in [2.45, 2.75) is 32.4 Å². The van der Waals surface area contributed by atoms with E-state index in [4.69, 9.17) is 10.5 Å². The van der Waals surface area contributed by atoms with Crippen LogP contribution in [0.5, 0.6) is 0 Å². The van der Waals surface area contributed by atoms with Gasteiger partial charge >= 0.3 is 0 Å². The van der Waals surface area contributed by atoms with Gasteiger partial charge in [0.05, 0.1) is 6.61 Å². The number of nitrogen functional groups attached to an aromatic ring is 1. The van der Waals surface area contributed by atoms with Crippen LogP contribution < -0.4 is 5.73 Å². The Labute approximate surface area is 110 Å². The lowest BCUT2D eigenvalue weighted by molar-refractivity contribution is 0.112. The summed E-state index contributed by atoms with van der Waals surface area (Å²) in [7, 11) is 1.76. The molecule has 0 radical (unpaired) electrons. The normalized spacial score (nSPS) is 17.1. The van der Waals surface area contributed by atoms with Crippen molar-refractivity contribution in [1.82, 2.24) is 4.90 Å². The van der Waals surface area contributed by atoms with Crippen LogP contribution in [0.3, 0.4) is 0 Å². The predicted molar refractivity (Wildman–Crippen MR) is 75.3 cm³/mol. The molecule has 1 fully saturated rings. The van der Waals surface area contributed by atoms with E-state index in [1.165, 1.54) is 18.4 Å². The van der Waals surface area contributed by atoms with E-state index in [2.05, 4.69) is 24.0 Å². The smallest absolute Gasteiger partial charge is 0.0589 e. The maximum absolute atomic E-state index is 6.03. The second-order valence-corrected chi connectivity index (χ2v) is 5.24. The molecule has 1 saturated carbocycles. The Bertz CT molecular complexity index is 377. The molecule has 1 aliphatic rings. The van der Waals surface area contributed by atoms with E-state index in [9.17, 15) is 0 Å². The molecule has 1 atom stereocenters. The van der Waals surface area contributed by atoms with Crippen molar-refractivity contribution in [3.63, 3.8) is 0 Å². The number of anilines is 1. The summed E-state index contributed by atoms with van der Waals surface area (Å²) in [4.78, 5) is 2.49. The number of para-hydroxylation sites is 1. The topological polar surface area (TPSA) is 38.5 Å².